The summed E-state index contributed by atoms with van der Waals surface area (Å²) in [5.41, 5.74) is 2.15. The number of carbonyl (C=O) groups excluding carboxylic acids is 1. The molecule has 0 saturated heterocycles. The van der Waals surface area contributed by atoms with Crippen LogP contribution in [-0.2, 0) is 14.1 Å². The number of ether oxygens (including phenoxy) is 1. The topological polar surface area (TPSA) is 82.7 Å². The number of rotatable bonds is 3. The van der Waals surface area contributed by atoms with Crippen LogP contribution in [0.1, 0.15) is 33.0 Å². The van der Waals surface area contributed by atoms with Gasteiger partial charge in [0.15, 0.2) is 5.78 Å². The first-order valence-corrected chi connectivity index (χ1v) is 11.3. The summed E-state index contributed by atoms with van der Waals surface area (Å²) in [5.74, 6) is 0.334. The van der Waals surface area contributed by atoms with E-state index in [1.54, 1.807) is 13.1 Å². The van der Waals surface area contributed by atoms with Crippen molar-refractivity contribution in [2.75, 3.05) is 0 Å². The second-order valence-corrected chi connectivity index (χ2v) is 8.79. The highest BCUT2D eigenvalue weighted by molar-refractivity contribution is 6.30. The number of hydrogen-bond acceptors (Lipinski definition) is 5. The lowest BCUT2D eigenvalue weighted by atomic mass is 9.76. The molecule has 3 aromatic carbocycles. The number of aromatic nitrogens is 2. The van der Waals surface area contributed by atoms with E-state index in [0.29, 0.717) is 34.2 Å². The Labute approximate surface area is 200 Å². The number of benzene rings is 3. The van der Waals surface area contributed by atoms with E-state index in [-0.39, 0.29) is 5.78 Å². The first-order chi connectivity index (χ1) is 17.0. The van der Waals surface area contributed by atoms with Crippen LogP contribution in [0.3, 0.4) is 0 Å². The van der Waals surface area contributed by atoms with E-state index < -0.39 is 23.1 Å². The van der Waals surface area contributed by atoms with Gasteiger partial charge in [0.1, 0.15) is 17.3 Å². The Morgan fingerprint density at radius 1 is 0.714 bits per heavy atom. The van der Waals surface area contributed by atoms with Crippen LogP contribution in [0.25, 0.3) is 0 Å². The monoisotopic (exact) mass is 463 g/mol. The van der Waals surface area contributed by atoms with Crippen LogP contribution in [0.2, 0.25) is 0 Å². The van der Waals surface area contributed by atoms with E-state index in [1.807, 2.05) is 72.8 Å². The smallest absolute Gasteiger partial charge is 0.332 e. The molecule has 7 heteroatoms. The maximum Gasteiger partial charge on any atom is 0.332 e. The predicted octanol–water partition coefficient (Wildman–Crippen LogP) is 3.96. The third-order valence-electron chi connectivity index (χ3n) is 6.80. The van der Waals surface area contributed by atoms with E-state index in [4.69, 9.17) is 9.73 Å². The molecule has 35 heavy (non-hydrogen) atoms. The lowest BCUT2D eigenvalue weighted by Gasteiger charge is -2.30. The second-order valence-electron chi connectivity index (χ2n) is 8.79. The molecule has 0 saturated carbocycles. The zero-order valence-electron chi connectivity index (χ0n) is 19.1. The van der Waals surface area contributed by atoms with Crippen LogP contribution >= 0.6 is 0 Å². The number of aliphatic imine (C=N–C) groups is 1. The van der Waals surface area contributed by atoms with Gasteiger partial charge in [-0.3, -0.25) is 18.7 Å². The van der Waals surface area contributed by atoms with Crippen molar-refractivity contribution in [3.63, 3.8) is 0 Å². The molecular weight excluding hydrogens is 442 g/mol. The van der Waals surface area contributed by atoms with Gasteiger partial charge in [-0.25, -0.2) is 9.79 Å². The minimum Gasteiger partial charge on any atom is -0.457 e. The van der Waals surface area contributed by atoms with E-state index in [9.17, 15) is 14.4 Å². The molecule has 2 unspecified atom stereocenters. The van der Waals surface area contributed by atoms with Gasteiger partial charge >= 0.3 is 5.69 Å². The van der Waals surface area contributed by atoms with Gasteiger partial charge in [-0.15, -0.1) is 0 Å². The van der Waals surface area contributed by atoms with E-state index in [2.05, 4.69) is 0 Å². The molecule has 0 N–H and O–H groups in total. The highest BCUT2D eigenvalue weighted by Gasteiger charge is 2.47. The SMILES string of the molecule is Cn1c2c(c(=O)n(C)c1=O)C(c1ccc(Oc3ccccc3)cc1)C1C(=O)c3ccccc3C1=N2. The number of nitrogens with zero attached hydrogens (tertiary/aromatic N) is 3. The summed E-state index contributed by atoms with van der Waals surface area (Å²) in [7, 11) is 3.05. The zero-order valence-corrected chi connectivity index (χ0v) is 19.1. The molecule has 0 radical (unpaired) electrons. The van der Waals surface area contributed by atoms with Crippen molar-refractivity contribution < 1.29 is 9.53 Å². The molecule has 4 aromatic rings. The minimum absolute atomic E-state index is 0.0736. The standard InChI is InChI=1S/C28H21N3O4/c1-30-26-23(27(33)31(2)28(30)34)21(22-24(29-26)19-10-6-7-11-20(19)25(22)32)16-12-14-18(15-13-16)35-17-8-4-3-5-9-17/h3-15,21-22H,1-2H3. The molecule has 7 nitrogen and oxygen atoms in total. The maximum absolute atomic E-state index is 13.6. The highest BCUT2D eigenvalue weighted by atomic mass is 16.5. The van der Waals surface area contributed by atoms with Gasteiger partial charge in [-0.05, 0) is 29.8 Å². The average Bonchev–Trinajstić information content (AvgIpc) is 3.18. The molecule has 2 heterocycles. The fourth-order valence-electron chi connectivity index (χ4n) is 5.09. The van der Waals surface area contributed by atoms with Crippen molar-refractivity contribution in [3.05, 3.63) is 122 Å². The molecule has 0 spiro atoms. The summed E-state index contributed by atoms with van der Waals surface area (Å²) in [5, 5.41) is 0. The molecule has 0 amide bonds. The van der Waals surface area contributed by atoms with Crippen LogP contribution < -0.4 is 16.0 Å². The van der Waals surface area contributed by atoms with Crippen LogP contribution in [-0.4, -0.2) is 20.6 Å². The summed E-state index contributed by atoms with van der Waals surface area (Å²) in [6.45, 7) is 0. The summed E-state index contributed by atoms with van der Waals surface area (Å²) in [4.78, 5) is 44.4. The average molecular weight is 463 g/mol. The minimum atomic E-state index is -0.647. The van der Waals surface area contributed by atoms with Crippen LogP contribution in [0.5, 0.6) is 11.5 Å². The molecule has 0 fully saturated rings. The number of para-hydroxylation sites is 1. The summed E-state index contributed by atoms with van der Waals surface area (Å²) in [6.07, 6.45) is 0. The van der Waals surface area contributed by atoms with E-state index >= 15 is 0 Å². The third kappa shape index (κ3) is 3.12. The third-order valence-corrected chi connectivity index (χ3v) is 6.80. The van der Waals surface area contributed by atoms with Gasteiger partial charge in [0.05, 0.1) is 17.2 Å². The first-order valence-electron chi connectivity index (χ1n) is 11.3. The Morgan fingerprint density at radius 2 is 1.34 bits per heavy atom. The number of ketones is 1. The molecule has 1 aromatic heterocycles. The molecular formula is C28H21N3O4. The Bertz CT molecular complexity index is 1650. The largest absolute Gasteiger partial charge is 0.457 e. The molecule has 172 valence electrons. The van der Waals surface area contributed by atoms with Crippen LogP contribution in [0.4, 0.5) is 5.82 Å². The quantitative estimate of drug-likeness (QED) is 0.461. The Balaban J connectivity index is 1.54. The van der Waals surface area contributed by atoms with Crippen molar-refractivity contribution >= 4 is 17.3 Å². The van der Waals surface area contributed by atoms with Gasteiger partial charge in [0.25, 0.3) is 5.56 Å². The van der Waals surface area contributed by atoms with Crippen molar-refractivity contribution in [2.24, 2.45) is 25.0 Å². The van der Waals surface area contributed by atoms with Gasteiger partial charge in [0.2, 0.25) is 0 Å². The Kier molecular flexibility index (Phi) is 4.67. The van der Waals surface area contributed by atoms with Crippen molar-refractivity contribution in [2.45, 2.75) is 5.92 Å². The molecule has 1 aliphatic carbocycles. The number of hydrogen-bond donors (Lipinski definition) is 0. The predicted molar refractivity (Wildman–Crippen MR) is 132 cm³/mol. The number of carbonyl (C=O) groups is 1. The van der Waals surface area contributed by atoms with Crippen LogP contribution in [0.15, 0.2) is 93.4 Å². The lowest BCUT2D eigenvalue weighted by molar-refractivity contribution is 0.0953. The molecule has 1 aliphatic heterocycles. The molecule has 6 rings (SSSR count). The normalized spacial score (nSPS) is 17.9. The van der Waals surface area contributed by atoms with Crippen molar-refractivity contribution in [3.8, 4) is 11.5 Å². The van der Waals surface area contributed by atoms with Gasteiger partial charge in [-0.2, -0.15) is 0 Å². The molecule has 2 atom stereocenters. The Hall–Kier alpha value is -4.52. The van der Waals surface area contributed by atoms with Crippen molar-refractivity contribution in [1.82, 2.24) is 9.13 Å². The van der Waals surface area contributed by atoms with Crippen molar-refractivity contribution in [1.29, 1.82) is 0 Å². The molecule has 2 aliphatic rings. The number of Topliss-reactive ketones (excluding diaryl/α,β-unsaturated/α-hetero) is 1. The fraction of sp³-hybridized carbons (Fsp3) is 0.143. The second kappa shape index (κ2) is 7.77. The van der Waals surface area contributed by atoms with E-state index in [1.165, 1.54) is 11.6 Å². The van der Waals surface area contributed by atoms with Gasteiger partial charge in [0, 0.05) is 31.1 Å². The zero-order chi connectivity index (χ0) is 24.3. The Morgan fingerprint density at radius 3 is 2.06 bits per heavy atom. The van der Waals surface area contributed by atoms with E-state index in [0.717, 1.165) is 15.7 Å². The molecule has 0 bridgehead atoms. The lowest BCUT2D eigenvalue weighted by Crippen LogP contribution is -2.43. The summed E-state index contributed by atoms with van der Waals surface area (Å²) < 4.78 is 8.38. The van der Waals surface area contributed by atoms with Gasteiger partial charge in [-0.1, -0.05) is 54.6 Å². The van der Waals surface area contributed by atoms with Gasteiger partial charge < -0.3 is 4.74 Å². The van der Waals surface area contributed by atoms with Crippen LogP contribution in [0, 0.1) is 5.92 Å². The fourth-order valence-corrected chi connectivity index (χ4v) is 5.09. The highest BCUT2D eigenvalue weighted by Crippen LogP contribution is 2.46. The summed E-state index contributed by atoms with van der Waals surface area (Å²) in [6, 6.07) is 24.2. The first kappa shape index (κ1) is 21.0. The number of fused-ring (bicyclic) bond motifs is 4. The maximum atomic E-state index is 13.6. The summed E-state index contributed by atoms with van der Waals surface area (Å²) >= 11 is 0.